The standard InChI is InChI=1S/C30H28ClN7O3S2.2ClH/c31-20-7-3-19(4-8-20)28-37-21(16-42-28)17-43-29-24(15-34)26(23(14-33)27(35)38-29)18-5-9-22(10-6-18)41-13-12-36-25(30(39)40)2-1-11-32;;/h3-10,16,25,36H,1-2,11-13,17,32H2,(H2,35,38)(H,39,40);2*1H/t25-;;/m0../s1. The molecule has 0 saturated heterocycles. The molecule has 2 heterocycles. The van der Waals surface area contributed by atoms with E-state index in [4.69, 9.17) is 32.8 Å². The molecule has 6 N–H and O–H groups in total. The van der Waals surface area contributed by atoms with Crippen LogP contribution in [-0.2, 0) is 10.5 Å². The highest BCUT2D eigenvalue weighted by Crippen LogP contribution is 2.37. The Labute approximate surface area is 286 Å². The van der Waals surface area contributed by atoms with Gasteiger partial charge in [0.05, 0.1) is 11.3 Å². The number of carboxylic acids is 1. The van der Waals surface area contributed by atoms with E-state index in [9.17, 15) is 20.4 Å². The number of ether oxygens (including phenoxy) is 1. The average Bonchev–Trinajstić information content (AvgIpc) is 3.49. The molecule has 0 bridgehead atoms. The summed E-state index contributed by atoms with van der Waals surface area (Å²) >= 11 is 8.83. The van der Waals surface area contributed by atoms with Gasteiger partial charge < -0.3 is 26.6 Å². The summed E-state index contributed by atoms with van der Waals surface area (Å²) in [4.78, 5) is 20.4. The van der Waals surface area contributed by atoms with Crippen molar-refractivity contribution in [2.75, 3.05) is 25.4 Å². The minimum Gasteiger partial charge on any atom is -0.492 e. The van der Waals surface area contributed by atoms with Crippen molar-refractivity contribution in [1.29, 1.82) is 10.5 Å². The number of hydrogen-bond donors (Lipinski definition) is 4. The van der Waals surface area contributed by atoms with Gasteiger partial charge in [-0.2, -0.15) is 10.5 Å². The molecule has 0 spiro atoms. The average molecular weight is 707 g/mol. The molecule has 15 heteroatoms. The van der Waals surface area contributed by atoms with Crippen LogP contribution in [0.15, 0.2) is 58.9 Å². The molecule has 236 valence electrons. The van der Waals surface area contributed by atoms with Gasteiger partial charge in [0.15, 0.2) is 0 Å². The van der Waals surface area contributed by atoms with Gasteiger partial charge >= 0.3 is 5.97 Å². The zero-order valence-corrected chi connectivity index (χ0v) is 27.8. The Morgan fingerprint density at radius 3 is 2.36 bits per heavy atom. The lowest BCUT2D eigenvalue weighted by Crippen LogP contribution is -2.39. The van der Waals surface area contributed by atoms with Gasteiger partial charge in [-0.3, -0.25) is 4.79 Å². The van der Waals surface area contributed by atoms with Gasteiger partial charge in [0.25, 0.3) is 0 Å². The highest BCUT2D eigenvalue weighted by Gasteiger charge is 2.21. The number of rotatable bonds is 14. The quantitative estimate of drug-likeness (QED) is 0.0871. The number of carboxylic acid groups (broad SMARTS) is 1. The lowest BCUT2D eigenvalue weighted by molar-refractivity contribution is -0.139. The van der Waals surface area contributed by atoms with Gasteiger partial charge in [0, 0.05) is 33.8 Å². The summed E-state index contributed by atoms with van der Waals surface area (Å²) in [5.41, 5.74) is 14.8. The molecular formula is C30H30Cl3N7O3S2. The Hall–Kier alpha value is -3.59. The molecule has 10 nitrogen and oxygen atoms in total. The molecule has 0 radical (unpaired) electrons. The van der Waals surface area contributed by atoms with Gasteiger partial charge in [0.1, 0.15) is 52.0 Å². The second kappa shape index (κ2) is 18.4. The van der Waals surface area contributed by atoms with E-state index in [1.165, 1.54) is 23.1 Å². The summed E-state index contributed by atoms with van der Waals surface area (Å²) in [5, 5.41) is 36.1. The number of anilines is 1. The summed E-state index contributed by atoms with van der Waals surface area (Å²) in [6.07, 6.45) is 1.05. The van der Waals surface area contributed by atoms with Crippen molar-refractivity contribution in [2.45, 2.75) is 29.7 Å². The molecule has 4 rings (SSSR count). The maximum atomic E-state index is 11.4. The number of aromatic nitrogens is 2. The molecule has 0 unspecified atom stereocenters. The van der Waals surface area contributed by atoms with E-state index in [-0.39, 0.29) is 48.4 Å². The minimum atomic E-state index is -0.928. The second-order valence-electron chi connectivity index (χ2n) is 9.24. The molecule has 0 fully saturated rings. The van der Waals surface area contributed by atoms with Crippen molar-refractivity contribution in [2.24, 2.45) is 5.73 Å². The molecule has 0 saturated carbocycles. The summed E-state index contributed by atoms with van der Waals surface area (Å²) in [6.45, 7) is 1.01. The fourth-order valence-corrected chi connectivity index (χ4v) is 6.13. The van der Waals surface area contributed by atoms with Crippen LogP contribution in [-0.4, -0.2) is 46.8 Å². The first-order chi connectivity index (χ1) is 20.8. The van der Waals surface area contributed by atoms with Gasteiger partial charge in [0.2, 0.25) is 0 Å². The van der Waals surface area contributed by atoms with Gasteiger partial charge in [-0.25, -0.2) is 9.97 Å². The monoisotopic (exact) mass is 705 g/mol. The third-order valence-corrected chi connectivity index (χ3v) is 8.52. The fourth-order valence-electron chi connectivity index (χ4n) is 4.19. The normalized spacial score (nSPS) is 10.9. The molecule has 2 aromatic heterocycles. The zero-order chi connectivity index (χ0) is 30.8. The Morgan fingerprint density at radius 1 is 1.07 bits per heavy atom. The highest BCUT2D eigenvalue weighted by atomic mass is 35.5. The third kappa shape index (κ3) is 9.95. The third-order valence-electron chi connectivity index (χ3n) is 6.31. The van der Waals surface area contributed by atoms with E-state index in [1.54, 1.807) is 24.3 Å². The molecule has 4 aromatic rings. The molecule has 0 aliphatic rings. The summed E-state index contributed by atoms with van der Waals surface area (Å²) in [5.74, 6) is 0.107. The number of nitrogens with zero attached hydrogens (tertiary/aromatic N) is 4. The van der Waals surface area contributed by atoms with Crippen molar-refractivity contribution in [1.82, 2.24) is 15.3 Å². The van der Waals surface area contributed by atoms with Crippen LogP contribution >= 0.6 is 59.5 Å². The molecule has 0 aliphatic heterocycles. The molecular weight excluding hydrogens is 677 g/mol. The van der Waals surface area contributed by atoms with E-state index in [0.29, 0.717) is 58.6 Å². The number of pyridine rings is 1. The van der Waals surface area contributed by atoms with Crippen LogP contribution < -0.4 is 21.5 Å². The minimum absolute atomic E-state index is 0. The maximum absolute atomic E-state index is 11.4. The number of carbonyl (C=O) groups is 1. The van der Waals surface area contributed by atoms with Crippen LogP contribution in [0.25, 0.3) is 21.7 Å². The Kier molecular flexibility index (Phi) is 15.4. The van der Waals surface area contributed by atoms with Crippen LogP contribution in [0.1, 0.15) is 29.7 Å². The molecule has 0 amide bonds. The number of benzene rings is 2. The van der Waals surface area contributed by atoms with E-state index in [1.807, 2.05) is 29.6 Å². The second-order valence-corrected chi connectivity index (χ2v) is 11.5. The van der Waals surface area contributed by atoms with Crippen molar-refractivity contribution >= 4 is 71.3 Å². The Morgan fingerprint density at radius 2 is 1.73 bits per heavy atom. The molecule has 2 aromatic carbocycles. The number of nitrogens with two attached hydrogens (primary N) is 2. The summed E-state index contributed by atoms with van der Waals surface area (Å²) in [7, 11) is 0. The Bertz CT molecular complexity index is 1660. The zero-order valence-electron chi connectivity index (χ0n) is 23.7. The summed E-state index contributed by atoms with van der Waals surface area (Å²) < 4.78 is 5.76. The highest BCUT2D eigenvalue weighted by molar-refractivity contribution is 7.98. The molecule has 1 atom stereocenters. The molecule has 0 aliphatic carbocycles. The number of nitrogen functional groups attached to an aromatic ring is 1. The predicted octanol–water partition coefficient (Wildman–Crippen LogP) is 6.15. The Balaban J connectivity index is 0.00000353. The number of nitriles is 2. The first kappa shape index (κ1) is 37.6. The number of thiazole rings is 1. The van der Waals surface area contributed by atoms with E-state index in [2.05, 4.69) is 22.4 Å². The number of halogens is 3. The first-order valence-electron chi connectivity index (χ1n) is 13.2. The van der Waals surface area contributed by atoms with Crippen molar-refractivity contribution in [3.05, 3.63) is 75.8 Å². The summed E-state index contributed by atoms with van der Waals surface area (Å²) in [6, 6.07) is 18.0. The number of nitrogens with one attached hydrogen (secondary N) is 1. The van der Waals surface area contributed by atoms with Crippen LogP contribution in [0.4, 0.5) is 5.82 Å². The lowest BCUT2D eigenvalue weighted by Gasteiger charge is -2.15. The predicted molar refractivity (Wildman–Crippen MR) is 183 cm³/mol. The van der Waals surface area contributed by atoms with Crippen LogP contribution in [0.2, 0.25) is 5.02 Å². The molecule has 45 heavy (non-hydrogen) atoms. The fraction of sp³-hybridized carbons (Fsp3) is 0.233. The van der Waals surface area contributed by atoms with Crippen LogP contribution in [0, 0.1) is 22.7 Å². The van der Waals surface area contributed by atoms with Crippen molar-refractivity contribution < 1.29 is 14.6 Å². The van der Waals surface area contributed by atoms with E-state index in [0.717, 1.165) is 16.3 Å². The van der Waals surface area contributed by atoms with Crippen LogP contribution in [0.3, 0.4) is 0 Å². The topological polar surface area (TPSA) is 184 Å². The SMILES string of the molecule is Cl.Cl.N#Cc1c(N)nc(SCc2csc(-c3ccc(Cl)cc3)n2)c(C#N)c1-c1ccc(OCCN[C@@H](CCCN)C(=O)O)cc1. The van der Waals surface area contributed by atoms with Crippen molar-refractivity contribution in [3.8, 4) is 39.6 Å². The van der Waals surface area contributed by atoms with Crippen molar-refractivity contribution in [3.63, 3.8) is 0 Å². The van der Waals surface area contributed by atoms with E-state index >= 15 is 0 Å². The largest absolute Gasteiger partial charge is 0.492 e. The lowest BCUT2D eigenvalue weighted by atomic mass is 9.97. The smallest absolute Gasteiger partial charge is 0.320 e. The van der Waals surface area contributed by atoms with E-state index < -0.39 is 12.0 Å². The number of hydrogen-bond acceptors (Lipinski definition) is 11. The number of aliphatic carboxylic acids is 1. The van der Waals surface area contributed by atoms with Gasteiger partial charge in [-0.1, -0.05) is 47.6 Å². The maximum Gasteiger partial charge on any atom is 0.320 e. The first-order valence-corrected chi connectivity index (χ1v) is 15.4. The van der Waals surface area contributed by atoms with Gasteiger partial charge in [-0.05, 0) is 49.2 Å². The number of thioether (sulfide) groups is 1. The van der Waals surface area contributed by atoms with Crippen LogP contribution in [0.5, 0.6) is 5.75 Å². The van der Waals surface area contributed by atoms with Gasteiger partial charge in [-0.15, -0.1) is 36.2 Å².